The highest BCUT2D eigenvalue weighted by molar-refractivity contribution is 9.10. The molecule has 0 amide bonds. The van der Waals surface area contributed by atoms with Gasteiger partial charge in [-0.1, -0.05) is 28.8 Å². The predicted octanol–water partition coefficient (Wildman–Crippen LogP) is 4.73. The van der Waals surface area contributed by atoms with Gasteiger partial charge in [0.05, 0.1) is 24.7 Å². The number of benzene rings is 2. The van der Waals surface area contributed by atoms with Gasteiger partial charge in [-0.2, -0.15) is 0 Å². The van der Waals surface area contributed by atoms with Crippen molar-refractivity contribution >= 4 is 37.4 Å². The molecular weight excluding hydrogens is 508 g/mol. The van der Waals surface area contributed by atoms with Crippen molar-refractivity contribution in [2.75, 3.05) is 44.5 Å². The standard InChI is InChI=1S/C24H33BrN2O5S/c1-3-31-24(28)18-27(2)16-6-4-5-7-17-32-22-12-10-21(11-13-22)26-19-33(29,30)23-14-8-20(25)9-15-23/h8-15,26H,3-7,16-19H2,1-2H3. The topological polar surface area (TPSA) is 84.9 Å². The van der Waals surface area contributed by atoms with Crippen LogP contribution >= 0.6 is 15.9 Å². The van der Waals surface area contributed by atoms with Gasteiger partial charge in [-0.3, -0.25) is 9.69 Å². The van der Waals surface area contributed by atoms with Crippen LogP contribution < -0.4 is 10.1 Å². The highest BCUT2D eigenvalue weighted by Gasteiger charge is 2.14. The van der Waals surface area contributed by atoms with Crippen LogP contribution in [0, 0.1) is 0 Å². The minimum absolute atomic E-state index is 0.177. The monoisotopic (exact) mass is 540 g/mol. The molecule has 0 fully saturated rings. The highest BCUT2D eigenvalue weighted by atomic mass is 79.9. The van der Waals surface area contributed by atoms with E-state index in [0.29, 0.717) is 19.8 Å². The Balaban J connectivity index is 1.61. The largest absolute Gasteiger partial charge is 0.494 e. The molecule has 0 aliphatic carbocycles. The molecule has 33 heavy (non-hydrogen) atoms. The first-order valence-electron chi connectivity index (χ1n) is 11.1. The maximum Gasteiger partial charge on any atom is 0.320 e. The molecular formula is C24H33BrN2O5S. The van der Waals surface area contributed by atoms with Crippen molar-refractivity contribution in [3.8, 4) is 5.75 Å². The normalized spacial score (nSPS) is 11.4. The molecule has 0 aromatic heterocycles. The lowest BCUT2D eigenvalue weighted by Gasteiger charge is -2.15. The molecule has 0 heterocycles. The fraction of sp³-hybridized carbons (Fsp3) is 0.458. The molecule has 0 spiro atoms. The summed E-state index contributed by atoms with van der Waals surface area (Å²) in [5.74, 6) is 0.399. The fourth-order valence-corrected chi connectivity index (χ4v) is 4.44. The van der Waals surface area contributed by atoms with E-state index in [0.717, 1.165) is 48.1 Å². The first-order chi connectivity index (χ1) is 15.8. The molecule has 2 aromatic rings. The van der Waals surface area contributed by atoms with E-state index in [-0.39, 0.29) is 16.7 Å². The summed E-state index contributed by atoms with van der Waals surface area (Å²) in [5.41, 5.74) is 0.718. The number of nitrogens with one attached hydrogen (secondary N) is 1. The summed E-state index contributed by atoms with van der Waals surface area (Å²) >= 11 is 3.31. The van der Waals surface area contributed by atoms with E-state index in [2.05, 4.69) is 21.2 Å². The molecule has 0 atom stereocenters. The molecule has 0 radical (unpaired) electrons. The molecule has 7 nitrogen and oxygen atoms in total. The number of hydrogen-bond acceptors (Lipinski definition) is 7. The van der Waals surface area contributed by atoms with E-state index in [1.807, 2.05) is 43.1 Å². The van der Waals surface area contributed by atoms with Crippen molar-refractivity contribution in [1.82, 2.24) is 4.90 Å². The number of carbonyl (C=O) groups is 1. The number of ether oxygens (including phenoxy) is 2. The third-order valence-electron chi connectivity index (χ3n) is 4.90. The predicted molar refractivity (Wildman–Crippen MR) is 134 cm³/mol. The minimum atomic E-state index is -3.41. The Morgan fingerprint density at radius 3 is 2.33 bits per heavy atom. The van der Waals surface area contributed by atoms with E-state index < -0.39 is 9.84 Å². The number of esters is 1. The van der Waals surface area contributed by atoms with Crippen molar-refractivity contribution in [3.63, 3.8) is 0 Å². The second-order valence-corrected chi connectivity index (χ2v) is 10.6. The van der Waals surface area contributed by atoms with Crippen LogP contribution in [-0.4, -0.2) is 58.5 Å². The van der Waals surface area contributed by atoms with Crippen LogP contribution in [0.1, 0.15) is 32.6 Å². The summed E-state index contributed by atoms with van der Waals surface area (Å²) in [6.45, 7) is 4.05. The molecule has 0 bridgehead atoms. The third kappa shape index (κ3) is 10.6. The number of hydrogen-bond donors (Lipinski definition) is 1. The molecule has 2 aromatic carbocycles. The number of anilines is 1. The van der Waals surface area contributed by atoms with Gasteiger partial charge in [0.25, 0.3) is 0 Å². The van der Waals surface area contributed by atoms with Crippen LogP contribution in [0.15, 0.2) is 57.9 Å². The number of rotatable bonds is 15. The molecule has 0 unspecified atom stereocenters. The molecule has 0 aliphatic rings. The number of carbonyl (C=O) groups excluding carboxylic acids is 1. The zero-order valence-electron chi connectivity index (χ0n) is 19.3. The smallest absolute Gasteiger partial charge is 0.320 e. The average Bonchev–Trinajstić information content (AvgIpc) is 2.78. The number of nitrogens with zero attached hydrogens (tertiary/aromatic N) is 1. The van der Waals surface area contributed by atoms with Gasteiger partial charge < -0.3 is 14.8 Å². The second kappa shape index (κ2) is 14.2. The Morgan fingerprint density at radius 2 is 1.67 bits per heavy atom. The van der Waals surface area contributed by atoms with Gasteiger partial charge in [0.1, 0.15) is 11.6 Å². The first-order valence-corrected chi connectivity index (χ1v) is 13.5. The molecule has 0 saturated heterocycles. The van der Waals surface area contributed by atoms with E-state index in [9.17, 15) is 13.2 Å². The van der Waals surface area contributed by atoms with Gasteiger partial charge in [-0.25, -0.2) is 8.42 Å². The van der Waals surface area contributed by atoms with Crippen molar-refractivity contribution in [3.05, 3.63) is 53.0 Å². The van der Waals surface area contributed by atoms with E-state index >= 15 is 0 Å². The van der Waals surface area contributed by atoms with Crippen molar-refractivity contribution in [1.29, 1.82) is 0 Å². The van der Waals surface area contributed by atoms with Crippen molar-refractivity contribution < 1.29 is 22.7 Å². The molecule has 0 saturated carbocycles. The Labute approximate surface area is 205 Å². The zero-order valence-corrected chi connectivity index (χ0v) is 21.7. The Morgan fingerprint density at radius 1 is 1.00 bits per heavy atom. The van der Waals surface area contributed by atoms with Crippen LogP contribution in [0.2, 0.25) is 0 Å². The van der Waals surface area contributed by atoms with Gasteiger partial charge in [-0.15, -0.1) is 0 Å². The van der Waals surface area contributed by atoms with E-state index in [1.165, 1.54) is 0 Å². The van der Waals surface area contributed by atoms with E-state index in [4.69, 9.17) is 9.47 Å². The Hall–Kier alpha value is -2.10. The van der Waals surface area contributed by atoms with Crippen LogP contribution in [0.25, 0.3) is 0 Å². The van der Waals surface area contributed by atoms with Crippen molar-refractivity contribution in [2.24, 2.45) is 0 Å². The lowest BCUT2D eigenvalue weighted by molar-refractivity contribution is -0.144. The van der Waals surface area contributed by atoms with E-state index in [1.54, 1.807) is 24.3 Å². The highest BCUT2D eigenvalue weighted by Crippen LogP contribution is 2.19. The average molecular weight is 542 g/mol. The van der Waals surface area contributed by atoms with Gasteiger partial charge in [0, 0.05) is 10.2 Å². The van der Waals surface area contributed by atoms with Crippen LogP contribution in [-0.2, 0) is 19.4 Å². The fourth-order valence-electron chi connectivity index (χ4n) is 3.11. The van der Waals surface area contributed by atoms with Gasteiger partial charge >= 0.3 is 5.97 Å². The number of sulfone groups is 1. The quantitative estimate of drug-likeness (QED) is 0.258. The molecule has 1 N–H and O–H groups in total. The maximum atomic E-state index is 12.4. The Bertz CT molecular complexity index is 950. The summed E-state index contributed by atoms with van der Waals surface area (Å²) in [4.78, 5) is 13.7. The summed E-state index contributed by atoms with van der Waals surface area (Å²) in [6.07, 6.45) is 4.11. The summed E-state index contributed by atoms with van der Waals surface area (Å²) in [6, 6.07) is 13.9. The van der Waals surface area contributed by atoms with Crippen LogP contribution in [0.4, 0.5) is 5.69 Å². The summed E-state index contributed by atoms with van der Waals surface area (Å²) < 4.78 is 36.4. The van der Waals surface area contributed by atoms with Gasteiger partial charge in [0.2, 0.25) is 0 Å². The number of unbranched alkanes of at least 4 members (excludes halogenated alkanes) is 3. The minimum Gasteiger partial charge on any atom is -0.494 e. The SMILES string of the molecule is CCOC(=O)CN(C)CCCCCCOc1ccc(NCS(=O)(=O)c2ccc(Br)cc2)cc1. The zero-order chi connectivity index (χ0) is 24.1. The molecule has 182 valence electrons. The molecule has 0 aliphatic heterocycles. The Kier molecular flexibility index (Phi) is 11.7. The maximum absolute atomic E-state index is 12.4. The third-order valence-corrected chi connectivity index (χ3v) is 6.94. The summed E-state index contributed by atoms with van der Waals surface area (Å²) in [5, 5.41) is 2.96. The number of likely N-dealkylation sites (N-methyl/N-ethyl adjacent to an activating group) is 1. The van der Waals surface area contributed by atoms with Gasteiger partial charge in [0.15, 0.2) is 9.84 Å². The van der Waals surface area contributed by atoms with Crippen LogP contribution in [0.5, 0.6) is 5.75 Å². The summed E-state index contributed by atoms with van der Waals surface area (Å²) in [7, 11) is -1.49. The number of halogens is 1. The van der Waals surface area contributed by atoms with Crippen LogP contribution in [0.3, 0.4) is 0 Å². The molecule has 2 rings (SSSR count). The lowest BCUT2D eigenvalue weighted by Crippen LogP contribution is -2.28. The lowest BCUT2D eigenvalue weighted by atomic mass is 10.2. The van der Waals surface area contributed by atoms with Crippen molar-refractivity contribution in [2.45, 2.75) is 37.5 Å². The van der Waals surface area contributed by atoms with Gasteiger partial charge in [-0.05, 0) is 81.9 Å². The molecule has 9 heteroatoms. The first kappa shape index (κ1) is 27.1. The second-order valence-electron chi connectivity index (χ2n) is 7.72.